The zero-order valence-corrected chi connectivity index (χ0v) is 14.5. The molecular weight excluding hydrogens is 292 g/mol. The molecule has 1 heterocycles. The van der Waals surface area contributed by atoms with E-state index in [1.807, 2.05) is 6.08 Å². The third-order valence-electron chi connectivity index (χ3n) is 5.42. The first kappa shape index (κ1) is 15.5. The molecule has 2 heteroatoms. The Morgan fingerprint density at radius 3 is 2.71 bits per heavy atom. The lowest BCUT2D eigenvalue weighted by Crippen LogP contribution is -2.43. The topological polar surface area (TPSA) is 15.3 Å². The highest BCUT2D eigenvalue weighted by molar-refractivity contribution is 5.37. The summed E-state index contributed by atoms with van der Waals surface area (Å²) in [6.45, 7) is 4.40. The molecule has 0 saturated carbocycles. The van der Waals surface area contributed by atoms with Gasteiger partial charge in [0.1, 0.15) is 0 Å². The summed E-state index contributed by atoms with van der Waals surface area (Å²) >= 11 is 0. The van der Waals surface area contributed by atoms with E-state index in [-0.39, 0.29) is 0 Å². The van der Waals surface area contributed by atoms with Gasteiger partial charge in [0.25, 0.3) is 0 Å². The van der Waals surface area contributed by atoms with Crippen LogP contribution in [0.25, 0.3) is 0 Å². The number of fused-ring (bicyclic) bond motifs is 1. The molecule has 24 heavy (non-hydrogen) atoms. The molecule has 2 aliphatic carbocycles. The highest BCUT2D eigenvalue weighted by atomic mass is 15.2. The molecule has 1 saturated heterocycles. The zero-order chi connectivity index (χ0) is 16.4. The number of hydrogen-bond donors (Lipinski definition) is 1. The van der Waals surface area contributed by atoms with Crippen LogP contribution in [0.15, 0.2) is 65.6 Å². The number of nitrogens with one attached hydrogen (secondary N) is 1. The molecule has 0 aromatic heterocycles. The van der Waals surface area contributed by atoms with Crippen LogP contribution in [0.1, 0.15) is 30.9 Å². The van der Waals surface area contributed by atoms with Crippen LogP contribution < -0.4 is 5.32 Å². The van der Waals surface area contributed by atoms with Crippen LogP contribution in [0.5, 0.6) is 0 Å². The van der Waals surface area contributed by atoms with E-state index in [1.165, 1.54) is 41.8 Å². The van der Waals surface area contributed by atoms with Gasteiger partial charge in [-0.25, -0.2) is 0 Å². The molecule has 3 aliphatic rings. The van der Waals surface area contributed by atoms with Crippen molar-refractivity contribution in [3.8, 4) is 0 Å². The van der Waals surface area contributed by atoms with Gasteiger partial charge in [-0.05, 0) is 74.1 Å². The minimum absolute atomic E-state index is 0.562. The lowest BCUT2D eigenvalue weighted by molar-refractivity contribution is 0.243. The summed E-state index contributed by atoms with van der Waals surface area (Å²) in [5.74, 6) is 0. The van der Waals surface area contributed by atoms with Gasteiger partial charge in [-0.3, -0.25) is 0 Å². The van der Waals surface area contributed by atoms with Crippen molar-refractivity contribution >= 4 is 0 Å². The number of nitrogens with zero attached hydrogens (tertiary/aromatic N) is 1. The SMILES string of the molecule is CC1=C=CC=CC(N(CC2CCCN2)C2Cc3ccccc3C2)=C1. The Bertz CT molecular complexity index is 703. The van der Waals surface area contributed by atoms with Crippen LogP contribution in [-0.2, 0) is 12.8 Å². The first-order valence-corrected chi connectivity index (χ1v) is 9.18. The van der Waals surface area contributed by atoms with Crippen molar-refractivity contribution < 1.29 is 0 Å². The summed E-state index contributed by atoms with van der Waals surface area (Å²) in [5.41, 5.74) is 8.90. The predicted octanol–water partition coefficient (Wildman–Crippen LogP) is 3.76. The van der Waals surface area contributed by atoms with Gasteiger partial charge < -0.3 is 10.2 Å². The van der Waals surface area contributed by atoms with Gasteiger partial charge in [0.2, 0.25) is 0 Å². The summed E-state index contributed by atoms with van der Waals surface area (Å²) in [7, 11) is 0. The van der Waals surface area contributed by atoms with Gasteiger partial charge in [-0.1, -0.05) is 30.3 Å². The van der Waals surface area contributed by atoms with Crippen LogP contribution >= 0.6 is 0 Å². The molecule has 1 aromatic carbocycles. The fourth-order valence-corrected chi connectivity index (χ4v) is 4.19. The monoisotopic (exact) mass is 318 g/mol. The van der Waals surface area contributed by atoms with E-state index in [1.54, 1.807) is 0 Å². The standard InChI is InChI=1S/C22H26N2/c1-17-7-2-5-11-21(13-17)24(16-20-10-6-12-23-20)22-14-18-8-3-4-9-19(18)15-22/h2-5,8-9,11,13,20,22-23H,6,10,12,14-16H2,1H3. The fraction of sp³-hybridized carbons (Fsp3) is 0.409. The number of benzene rings is 1. The Morgan fingerprint density at radius 1 is 1.21 bits per heavy atom. The van der Waals surface area contributed by atoms with Gasteiger partial charge >= 0.3 is 0 Å². The summed E-state index contributed by atoms with van der Waals surface area (Å²) in [4.78, 5) is 2.64. The molecule has 1 atom stereocenters. The Labute approximate surface area is 145 Å². The highest BCUT2D eigenvalue weighted by Crippen LogP contribution is 2.29. The van der Waals surface area contributed by atoms with E-state index < -0.39 is 0 Å². The second kappa shape index (κ2) is 6.84. The molecule has 0 radical (unpaired) electrons. The average Bonchev–Trinajstić information content (AvgIpc) is 3.19. The van der Waals surface area contributed by atoms with Gasteiger partial charge in [0, 0.05) is 24.3 Å². The molecule has 0 amide bonds. The van der Waals surface area contributed by atoms with Crippen molar-refractivity contribution in [2.75, 3.05) is 13.1 Å². The Kier molecular flexibility index (Phi) is 4.42. The van der Waals surface area contributed by atoms with Crippen molar-refractivity contribution in [2.24, 2.45) is 0 Å². The van der Waals surface area contributed by atoms with Crippen LogP contribution in [0, 0.1) is 0 Å². The smallest absolute Gasteiger partial charge is 0.0378 e. The Hall–Kier alpha value is -2.02. The molecule has 1 aliphatic heterocycles. The maximum atomic E-state index is 3.67. The molecule has 1 fully saturated rings. The zero-order valence-electron chi connectivity index (χ0n) is 14.5. The summed E-state index contributed by atoms with van der Waals surface area (Å²) in [6.07, 6.45) is 13.6. The quantitative estimate of drug-likeness (QED) is 0.850. The second-order valence-electron chi connectivity index (χ2n) is 7.20. The number of allylic oxidation sites excluding steroid dienone is 4. The summed E-state index contributed by atoms with van der Waals surface area (Å²) in [6, 6.07) is 10.1. The third-order valence-corrected chi connectivity index (χ3v) is 5.42. The van der Waals surface area contributed by atoms with Gasteiger partial charge in [-0.15, -0.1) is 5.73 Å². The van der Waals surface area contributed by atoms with Gasteiger partial charge in [-0.2, -0.15) is 0 Å². The molecule has 1 unspecified atom stereocenters. The lowest BCUT2D eigenvalue weighted by Gasteiger charge is -2.34. The van der Waals surface area contributed by atoms with Crippen LogP contribution in [0.3, 0.4) is 0 Å². The molecular formula is C22H26N2. The molecule has 0 bridgehead atoms. The van der Waals surface area contributed by atoms with E-state index in [2.05, 4.69) is 65.4 Å². The largest absolute Gasteiger partial charge is 0.366 e. The fourth-order valence-electron chi connectivity index (χ4n) is 4.19. The van der Waals surface area contributed by atoms with Crippen LogP contribution in [0.4, 0.5) is 0 Å². The van der Waals surface area contributed by atoms with E-state index >= 15 is 0 Å². The van der Waals surface area contributed by atoms with Gasteiger partial charge in [0.15, 0.2) is 0 Å². The van der Waals surface area contributed by atoms with Crippen molar-refractivity contribution in [3.63, 3.8) is 0 Å². The van der Waals surface area contributed by atoms with Crippen molar-refractivity contribution in [3.05, 3.63) is 76.7 Å². The lowest BCUT2D eigenvalue weighted by atomic mass is 10.1. The predicted molar refractivity (Wildman–Crippen MR) is 99.9 cm³/mol. The molecule has 124 valence electrons. The molecule has 1 aromatic rings. The summed E-state index contributed by atoms with van der Waals surface area (Å²) < 4.78 is 0. The first-order valence-electron chi connectivity index (χ1n) is 9.18. The average molecular weight is 318 g/mol. The molecule has 4 rings (SSSR count). The van der Waals surface area contributed by atoms with E-state index in [0.717, 1.165) is 19.4 Å². The minimum Gasteiger partial charge on any atom is -0.366 e. The normalized spacial score (nSPS) is 23.0. The minimum atomic E-state index is 0.562. The highest BCUT2D eigenvalue weighted by Gasteiger charge is 2.29. The third kappa shape index (κ3) is 3.26. The number of hydrogen-bond acceptors (Lipinski definition) is 2. The van der Waals surface area contributed by atoms with Crippen molar-refractivity contribution in [2.45, 2.75) is 44.7 Å². The Morgan fingerprint density at radius 2 is 2.00 bits per heavy atom. The maximum absolute atomic E-state index is 3.67. The summed E-state index contributed by atoms with van der Waals surface area (Å²) in [5, 5.41) is 3.67. The molecule has 2 nitrogen and oxygen atoms in total. The second-order valence-corrected chi connectivity index (χ2v) is 7.20. The van der Waals surface area contributed by atoms with E-state index in [9.17, 15) is 0 Å². The maximum Gasteiger partial charge on any atom is 0.0378 e. The molecule has 0 spiro atoms. The van der Waals surface area contributed by atoms with E-state index in [0.29, 0.717) is 12.1 Å². The van der Waals surface area contributed by atoms with Crippen LogP contribution in [0.2, 0.25) is 0 Å². The Balaban J connectivity index is 1.60. The van der Waals surface area contributed by atoms with Crippen LogP contribution in [-0.4, -0.2) is 30.1 Å². The molecule has 1 N–H and O–H groups in total. The van der Waals surface area contributed by atoms with E-state index in [4.69, 9.17) is 0 Å². The first-order chi connectivity index (χ1) is 11.8. The number of rotatable bonds is 4. The van der Waals surface area contributed by atoms with Crippen molar-refractivity contribution in [1.82, 2.24) is 10.2 Å². The van der Waals surface area contributed by atoms with Gasteiger partial charge in [0.05, 0.1) is 0 Å². The van der Waals surface area contributed by atoms with Crippen molar-refractivity contribution in [1.29, 1.82) is 0 Å².